The van der Waals surface area contributed by atoms with Crippen LogP contribution >= 0.6 is 11.6 Å². The lowest BCUT2D eigenvalue weighted by Crippen LogP contribution is -2.38. The largest absolute Gasteiger partial charge is 0.337 e. The molecule has 3 amide bonds. The van der Waals surface area contributed by atoms with Crippen LogP contribution in [-0.4, -0.2) is 18.5 Å². The molecule has 0 fully saturated rings. The van der Waals surface area contributed by atoms with Crippen LogP contribution in [0.4, 0.5) is 16.2 Å². The number of anilines is 2. The van der Waals surface area contributed by atoms with Gasteiger partial charge in [-0.1, -0.05) is 43.6 Å². The normalized spacial score (nSPS) is 10.9. The third-order valence-electron chi connectivity index (χ3n) is 3.76. The number of nitrogens with one attached hydrogen (secondary N) is 3. The van der Waals surface area contributed by atoms with E-state index in [-0.39, 0.29) is 17.4 Å². The van der Waals surface area contributed by atoms with Gasteiger partial charge in [-0.05, 0) is 35.9 Å². The molecule has 0 radical (unpaired) electrons. The van der Waals surface area contributed by atoms with Gasteiger partial charge < -0.3 is 16.0 Å². The number of urea groups is 1. The summed E-state index contributed by atoms with van der Waals surface area (Å²) in [5.74, 6) is -0.161. The first-order valence-corrected chi connectivity index (χ1v) is 8.33. The Bertz CT molecular complexity index is 758. The maximum atomic E-state index is 12.1. The van der Waals surface area contributed by atoms with Crippen molar-refractivity contribution in [3.05, 3.63) is 59.1 Å². The molecule has 0 aliphatic rings. The van der Waals surface area contributed by atoms with Crippen LogP contribution in [0.3, 0.4) is 0 Å². The number of hydrogen-bond donors (Lipinski definition) is 3. The molecule has 0 unspecified atom stereocenters. The van der Waals surface area contributed by atoms with Gasteiger partial charge in [-0.25, -0.2) is 4.79 Å². The first kappa shape index (κ1) is 18.8. The SMILES string of the molecule is CC(=O)Nc1cccc(NC(=O)NCC(C)(C)c2ccc(Cl)cc2)c1. The van der Waals surface area contributed by atoms with Crippen LogP contribution in [0.25, 0.3) is 0 Å². The fourth-order valence-corrected chi connectivity index (χ4v) is 2.48. The summed E-state index contributed by atoms with van der Waals surface area (Å²) in [6.07, 6.45) is 0. The summed E-state index contributed by atoms with van der Waals surface area (Å²) >= 11 is 5.92. The average molecular weight is 360 g/mol. The zero-order valence-corrected chi connectivity index (χ0v) is 15.3. The van der Waals surface area contributed by atoms with Gasteiger partial charge in [0.25, 0.3) is 0 Å². The van der Waals surface area contributed by atoms with Crippen molar-refractivity contribution in [3.8, 4) is 0 Å². The van der Waals surface area contributed by atoms with Crippen molar-refractivity contribution in [1.29, 1.82) is 0 Å². The molecule has 0 saturated carbocycles. The van der Waals surface area contributed by atoms with E-state index in [0.29, 0.717) is 22.9 Å². The molecule has 0 bridgehead atoms. The van der Waals surface area contributed by atoms with Gasteiger partial charge in [-0.2, -0.15) is 0 Å². The van der Waals surface area contributed by atoms with Gasteiger partial charge in [0.15, 0.2) is 0 Å². The second-order valence-electron chi connectivity index (χ2n) is 6.46. The Morgan fingerprint density at radius 2 is 1.60 bits per heavy atom. The van der Waals surface area contributed by atoms with E-state index in [9.17, 15) is 9.59 Å². The van der Waals surface area contributed by atoms with Crippen LogP contribution in [-0.2, 0) is 10.2 Å². The Morgan fingerprint density at radius 1 is 1.00 bits per heavy atom. The number of amides is 3. The quantitative estimate of drug-likeness (QED) is 0.740. The third-order valence-corrected chi connectivity index (χ3v) is 4.01. The predicted molar refractivity (Wildman–Crippen MR) is 102 cm³/mol. The highest BCUT2D eigenvalue weighted by molar-refractivity contribution is 6.30. The molecule has 6 heteroatoms. The van der Waals surface area contributed by atoms with Gasteiger partial charge in [0.05, 0.1) is 0 Å². The van der Waals surface area contributed by atoms with E-state index in [1.165, 1.54) is 6.92 Å². The Morgan fingerprint density at radius 3 is 2.20 bits per heavy atom. The lowest BCUT2D eigenvalue weighted by Gasteiger charge is -2.25. The smallest absolute Gasteiger partial charge is 0.319 e. The van der Waals surface area contributed by atoms with Crippen LogP contribution in [0, 0.1) is 0 Å². The van der Waals surface area contributed by atoms with Crippen molar-refractivity contribution >= 4 is 34.9 Å². The zero-order chi connectivity index (χ0) is 18.4. The number of halogens is 1. The van der Waals surface area contributed by atoms with Crippen molar-refractivity contribution < 1.29 is 9.59 Å². The highest BCUT2D eigenvalue weighted by atomic mass is 35.5. The summed E-state index contributed by atoms with van der Waals surface area (Å²) in [6.45, 7) is 6.00. The van der Waals surface area contributed by atoms with Crippen LogP contribution in [0.2, 0.25) is 5.02 Å². The summed E-state index contributed by atoms with van der Waals surface area (Å²) in [7, 11) is 0. The van der Waals surface area contributed by atoms with Crippen LogP contribution in [0.5, 0.6) is 0 Å². The fraction of sp³-hybridized carbons (Fsp3) is 0.263. The van der Waals surface area contributed by atoms with E-state index in [0.717, 1.165) is 5.56 Å². The van der Waals surface area contributed by atoms with Crippen LogP contribution in [0.1, 0.15) is 26.3 Å². The van der Waals surface area contributed by atoms with Gasteiger partial charge in [0, 0.05) is 35.3 Å². The van der Waals surface area contributed by atoms with Crippen molar-refractivity contribution in [1.82, 2.24) is 5.32 Å². The van der Waals surface area contributed by atoms with Crippen molar-refractivity contribution in [2.24, 2.45) is 0 Å². The summed E-state index contributed by atoms with van der Waals surface area (Å²) in [4.78, 5) is 23.2. The Hall–Kier alpha value is -2.53. The lowest BCUT2D eigenvalue weighted by molar-refractivity contribution is -0.114. The van der Waals surface area contributed by atoms with E-state index >= 15 is 0 Å². The van der Waals surface area contributed by atoms with E-state index in [4.69, 9.17) is 11.6 Å². The average Bonchev–Trinajstić information content (AvgIpc) is 2.53. The number of hydrogen-bond acceptors (Lipinski definition) is 2. The van der Waals surface area contributed by atoms with Gasteiger partial charge >= 0.3 is 6.03 Å². The maximum absolute atomic E-state index is 12.1. The van der Waals surface area contributed by atoms with Gasteiger partial charge in [-0.15, -0.1) is 0 Å². The predicted octanol–water partition coefficient (Wildman–Crippen LogP) is 4.40. The molecular weight excluding hydrogens is 338 g/mol. The molecule has 0 atom stereocenters. The molecule has 0 aliphatic heterocycles. The second-order valence-corrected chi connectivity index (χ2v) is 6.90. The number of rotatable bonds is 5. The van der Waals surface area contributed by atoms with Gasteiger partial charge in [-0.3, -0.25) is 4.79 Å². The van der Waals surface area contributed by atoms with Crippen molar-refractivity contribution in [2.45, 2.75) is 26.2 Å². The van der Waals surface area contributed by atoms with Gasteiger partial charge in [0.1, 0.15) is 0 Å². The maximum Gasteiger partial charge on any atom is 0.319 e. The van der Waals surface area contributed by atoms with Gasteiger partial charge in [0.2, 0.25) is 5.91 Å². The van der Waals surface area contributed by atoms with E-state index in [1.807, 2.05) is 38.1 Å². The molecule has 2 aromatic rings. The fourth-order valence-electron chi connectivity index (χ4n) is 2.36. The molecule has 132 valence electrons. The topological polar surface area (TPSA) is 70.2 Å². The number of benzene rings is 2. The lowest BCUT2D eigenvalue weighted by atomic mass is 9.85. The molecule has 0 aromatic heterocycles. The van der Waals surface area contributed by atoms with Crippen molar-refractivity contribution in [3.63, 3.8) is 0 Å². The highest BCUT2D eigenvalue weighted by Gasteiger charge is 2.21. The molecular formula is C19H22ClN3O2. The Kier molecular flexibility index (Phi) is 6.04. The molecule has 3 N–H and O–H groups in total. The Labute approximate surface area is 152 Å². The van der Waals surface area contributed by atoms with Crippen LogP contribution in [0.15, 0.2) is 48.5 Å². The standard InChI is InChI=1S/C19H22ClN3O2/c1-13(24)22-16-5-4-6-17(11-16)23-18(25)21-12-19(2,3)14-7-9-15(20)10-8-14/h4-11H,12H2,1-3H3,(H,22,24)(H2,21,23,25). The number of carbonyl (C=O) groups excluding carboxylic acids is 2. The Balaban J connectivity index is 1.94. The summed E-state index contributed by atoms with van der Waals surface area (Å²) in [6, 6.07) is 14.3. The molecule has 0 spiro atoms. The number of carbonyl (C=O) groups is 2. The van der Waals surface area contributed by atoms with Crippen molar-refractivity contribution in [2.75, 3.05) is 17.2 Å². The third kappa shape index (κ3) is 5.80. The minimum Gasteiger partial charge on any atom is -0.337 e. The zero-order valence-electron chi connectivity index (χ0n) is 14.5. The first-order valence-electron chi connectivity index (χ1n) is 7.95. The molecule has 2 aromatic carbocycles. The molecule has 25 heavy (non-hydrogen) atoms. The molecule has 0 saturated heterocycles. The highest BCUT2D eigenvalue weighted by Crippen LogP contribution is 2.24. The molecule has 0 aliphatic carbocycles. The summed E-state index contributed by atoms with van der Waals surface area (Å²) < 4.78 is 0. The minimum absolute atomic E-state index is 0.161. The first-order chi connectivity index (χ1) is 11.8. The second kappa shape index (κ2) is 8.03. The van der Waals surface area contributed by atoms with E-state index < -0.39 is 0 Å². The molecule has 5 nitrogen and oxygen atoms in total. The summed E-state index contributed by atoms with van der Waals surface area (Å²) in [5, 5.41) is 9.00. The van der Waals surface area contributed by atoms with E-state index in [2.05, 4.69) is 16.0 Å². The minimum atomic E-state index is -0.304. The van der Waals surface area contributed by atoms with E-state index in [1.54, 1.807) is 24.3 Å². The molecule has 0 heterocycles. The monoisotopic (exact) mass is 359 g/mol. The molecule has 2 rings (SSSR count). The summed E-state index contributed by atoms with van der Waals surface area (Å²) in [5.41, 5.74) is 2.09. The van der Waals surface area contributed by atoms with Crippen LogP contribution < -0.4 is 16.0 Å².